The summed E-state index contributed by atoms with van der Waals surface area (Å²) in [6.07, 6.45) is 2.59. The van der Waals surface area contributed by atoms with Gasteiger partial charge in [-0.15, -0.1) is 13.2 Å². The van der Waals surface area contributed by atoms with Crippen molar-refractivity contribution < 1.29 is 26.3 Å². The number of piperidine rings is 1. The highest BCUT2D eigenvalue weighted by molar-refractivity contribution is 7.92. The van der Waals surface area contributed by atoms with Crippen molar-refractivity contribution in [2.75, 3.05) is 79.5 Å². The predicted molar refractivity (Wildman–Crippen MR) is 191 cm³/mol. The van der Waals surface area contributed by atoms with Crippen LogP contribution < -0.4 is 24.6 Å². The van der Waals surface area contributed by atoms with Gasteiger partial charge in [0.25, 0.3) is 0 Å². The maximum atomic E-state index is 13.7. The second kappa shape index (κ2) is 13.6. The first-order valence-electron chi connectivity index (χ1n) is 16.5. The number of aromatic amines is 1. The topological polar surface area (TPSA) is 148 Å². The zero-order valence-electron chi connectivity index (χ0n) is 28.3. The maximum Gasteiger partial charge on any atom is 0.573 e. The monoisotopic (exact) mass is 725 g/mol. The lowest BCUT2D eigenvalue weighted by molar-refractivity contribution is -0.274. The van der Waals surface area contributed by atoms with Crippen LogP contribution in [-0.2, 0) is 10.0 Å². The molecule has 0 aliphatic carbocycles. The molecule has 2 aromatic carbocycles. The molecule has 14 nitrogen and oxygen atoms in total. The molecule has 0 radical (unpaired) electrons. The Morgan fingerprint density at radius 1 is 0.922 bits per heavy atom. The molecule has 2 aliphatic rings. The van der Waals surface area contributed by atoms with E-state index in [0.717, 1.165) is 49.6 Å². The first kappa shape index (κ1) is 34.5. The Kier molecular flexibility index (Phi) is 9.23. The van der Waals surface area contributed by atoms with E-state index in [-0.39, 0.29) is 23.1 Å². The minimum absolute atomic E-state index is 0.0164. The first-order chi connectivity index (χ1) is 24.3. The quantitative estimate of drug-likeness (QED) is 0.190. The van der Waals surface area contributed by atoms with Crippen LogP contribution in [0.5, 0.6) is 5.75 Å². The van der Waals surface area contributed by atoms with Gasteiger partial charge in [-0.05, 0) is 50.2 Å². The molecule has 18 heteroatoms. The number of benzene rings is 2. The molecule has 2 fully saturated rings. The normalized spacial score (nSPS) is 16.9. The van der Waals surface area contributed by atoms with E-state index in [9.17, 15) is 21.6 Å². The summed E-state index contributed by atoms with van der Waals surface area (Å²) in [5.41, 5.74) is 2.97. The number of nitrogens with zero attached hydrogens (tertiary/aromatic N) is 8. The van der Waals surface area contributed by atoms with Crippen molar-refractivity contribution in [3.8, 4) is 5.75 Å². The van der Waals surface area contributed by atoms with E-state index in [1.165, 1.54) is 31.6 Å². The Balaban J connectivity index is 1.18. The molecule has 2 aliphatic heterocycles. The third-order valence-corrected chi connectivity index (χ3v) is 10.6. The Morgan fingerprint density at radius 2 is 1.65 bits per heavy atom. The number of aromatic nitrogens is 5. The van der Waals surface area contributed by atoms with Gasteiger partial charge in [-0.2, -0.15) is 4.98 Å². The van der Waals surface area contributed by atoms with Crippen LogP contribution in [0.2, 0.25) is 0 Å². The number of fused-ring (bicyclic) bond motifs is 2. The number of nitrogens with one attached hydrogen (secondary N) is 3. The number of rotatable bonds is 9. The van der Waals surface area contributed by atoms with Gasteiger partial charge in [0.2, 0.25) is 16.0 Å². The molecule has 0 amide bonds. The predicted octanol–water partition coefficient (Wildman–Crippen LogP) is 4.90. The molecule has 0 spiro atoms. The van der Waals surface area contributed by atoms with Gasteiger partial charge in [0.15, 0.2) is 11.6 Å². The van der Waals surface area contributed by atoms with Crippen LogP contribution in [0, 0.1) is 0 Å². The van der Waals surface area contributed by atoms with Crippen LogP contribution in [-0.4, -0.2) is 115 Å². The van der Waals surface area contributed by atoms with Crippen LogP contribution in [0.3, 0.4) is 0 Å². The summed E-state index contributed by atoms with van der Waals surface area (Å²) in [6.45, 7) is 5.54. The summed E-state index contributed by atoms with van der Waals surface area (Å²) >= 11 is 0. The van der Waals surface area contributed by atoms with E-state index in [1.54, 1.807) is 30.5 Å². The Bertz CT molecular complexity index is 2150. The van der Waals surface area contributed by atoms with E-state index < -0.39 is 22.1 Å². The highest BCUT2D eigenvalue weighted by Crippen LogP contribution is 2.39. The number of sulfonamides is 1. The number of anilines is 6. The van der Waals surface area contributed by atoms with Gasteiger partial charge >= 0.3 is 6.36 Å². The fourth-order valence-corrected chi connectivity index (χ4v) is 7.16. The first-order valence-corrected chi connectivity index (χ1v) is 18.3. The Hall–Kier alpha value is -4.94. The van der Waals surface area contributed by atoms with Crippen molar-refractivity contribution in [3.05, 3.63) is 55.0 Å². The summed E-state index contributed by atoms with van der Waals surface area (Å²) in [4.78, 5) is 27.8. The molecule has 5 aromatic rings. The van der Waals surface area contributed by atoms with E-state index in [0.29, 0.717) is 52.6 Å². The van der Waals surface area contributed by atoms with Crippen LogP contribution in [0.15, 0.2) is 55.0 Å². The summed E-state index contributed by atoms with van der Waals surface area (Å²) in [5.74, 6) is -0.202. The SMILES string of the molecule is CN1CCN(C2CCN(c3ccc(Nc4nc(Nc5ccc6nccnc6c5N(C)S(C)(=O)=O)c5[nH]ccc5n4)c(OC(F)(F)F)c3)CC2)CC1. The van der Waals surface area contributed by atoms with Crippen molar-refractivity contribution in [1.82, 2.24) is 34.7 Å². The third-order valence-electron chi connectivity index (χ3n) is 9.41. The van der Waals surface area contributed by atoms with Crippen LogP contribution in [0.1, 0.15) is 12.8 Å². The zero-order chi connectivity index (χ0) is 35.9. The number of hydrogen-bond donors (Lipinski definition) is 3. The maximum absolute atomic E-state index is 13.7. The fourth-order valence-electron chi connectivity index (χ4n) is 6.64. The number of piperazine rings is 1. The lowest BCUT2D eigenvalue weighted by Gasteiger charge is -2.42. The number of H-pyrrole nitrogens is 1. The van der Waals surface area contributed by atoms with Crippen LogP contribution >= 0.6 is 0 Å². The number of halogens is 3. The molecular weight excluding hydrogens is 687 g/mol. The van der Waals surface area contributed by atoms with Gasteiger partial charge in [0, 0.05) is 82.7 Å². The van der Waals surface area contributed by atoms with Gasteiger partial charge in [-0.1, -0.05) is 0 Å². The van der Waals surface area contributed by atoms with Gasteiger partial charge in [-0.3, -0.25) is 19.2 Å². The number of likely N-dealkylation sites (N-methyl/N-ethyl adjacent to an activating group) is 1. The molecule has 7 rings (SSSR count). The van der Waals surface area contributed by atoms with Gasteiger partial charge in [0.1, 0.15) is 16.7 Å². The minimum Gasteiger partial charge on any atom is -0.403 e. The molecule has 3 N–H and O–H groups in total. The molecule has 0 unspecified atom stereocenters. The summed E-state index contributed by atoms with van der Waals surface area (Å²) in [5, 5.41) is 6.11. The van der Waals surface area contributed by atoms with Crippen molar-refractivity contribution in [2.45, 2.75) is 25.2 Å². The van der Waals surface area contributed by atoms with Crippen LogP contribution in [0.25, 0.3) is 22.1 Å². The molecule has 5 heterocycles. The second-order valence-corrected chi connectivity index (χ2v) is 14.8. The fraction of sp³-hybridized carbons (Fsp3) is 0.394. The highest BCUT2D eigenvalue weighted by Gasteiger charge is 2.33. The average Bonchev–Trinajstić information content (AvgIpc) is 3.57. The molecule has 0 saturated carbocycles. The highest BCUT2D eigenvalue weighted by atomic mass is 32.2. The van der Waals surface area contributed by atoms with Crippen molar-refractivity contribution in [1.29, 1.82) is 0 Å². The lowest BCUT2D eigenvalue weighted by atomic mass is 10.0. The van der Waals surface area contributed by atoms with Crippen molar-refractivity contribution in [3.63, 3.8) is 0 Å². The van der Waals surface area contributed by atoms with Crippen LogP contribution in [0.4, 0.5) is 47.7 Å². The van der Waals surface area contributed by atoms with Gasteiger partial charge in [0.05, 0.1) is 28.7 Å². The summed E-state index contributed by atoms with van der Waals surface area (Å²) < 4.78 is 72.1. The minimum atomic E-state index is -4.94. The molecule has 2 saturated heterocycles. The third kappa shape index (κ3) is 7.57. The molecule has 270 valence electrons. The summed E-state index contributed by atoms with van der Waals surface area (Å²) in [7, 11) is -0.194. The van der Waals surface area contributed by atoms with E-state index in [4.69, 9.17) is 0 Å². The molecule has 51 heavy (non-hydrogen) atoms. The largest absolute Gasteiger partial charge is 0.573 e. The van der Waals surface area contributed by atoms with E-state index in [1.807, 2.05) is 0 Å². The number of ether oxygens (including phenoxy) is 1. The second-order valence-electron chi connectivity index (χ2n) is 12.8. The lowest BCUT2D eigenvalue weighted by Crippen LogP contribution is -2.52. The van der Waals surface area contributed by atoms with Gasteiger partial charge < -0.3 is 30.2 Å². The summed E-state index contributed by atoms with van der Waals surface area (Å²) in [6, 6.07) is 10.2. The molecule has 0 atom stereocenters. The molecule has 0 bridgehead atoms. The van der Waals surface area contributed by atoms with Gasteiger partial charge in [-0.25, -0.2) is 13.4 Å². The number of alkyl halides is 3. The number of hydrogen-bond acceptors (Lipinski definition) is 12. The average molecular weight is 726 g/mol. The molecule has 3 aromatic heterocycles. The molecular formula is C33H38F3N11O3S. The van der Waals surface area contributed by atoms with E-state index in [2.05, 4.69) is 62.0 Å². The standard InChI is InChI=1S/C33H38F3N11O3S/c1-44-16-18-47(19-17-44)21-9-14-46(15-10-21)22-4-5-23(27(20-22)50-33(34,35)36)41-32-42-25-8-11-38-29(25)31(43-32)40-26-7-6-24-28(39-13-12-37-24)30(26)45(2)51(3,48)49/h4-8,11-13,20-21,38H,9-10,14-19H2,1-3H3,(H2,40,41,42,43). The Labute approximate surface area is 292 Å². The van der Waals surface area contributed by atoms with Crippen molar-refractivity contribution >= 4 is 66.6 Å². The van der Waals surface area contributed by atoms with E-state index >= 15 is 0 Å². The zero-order valence-corrected chi connectivity index (χ0v) is 29.1. The van der Waals surface area contributed by atoms with Crippen molar-refractivity contribution in [2.24, 2.45) is 0 Å². The smallest absolute Gasteiger partial charge is 0.403 e. The Morgan fingerprint density at radius 3 is 2.37 bits per heavy atom.